The van der Waals surface area contributed by atoms with Gasteiger partial charge in [0.2, 0.25) is 15.9 Å². The molecule has 0 aliphatic carbocycles. The molecule has 0 spiro atoms. The number of rotatable bonds is 5. The monoisotopic (exact) mass is 335 g/mol. The molecule has 0 aliphatic heterocycles. The Morgan fingerprint density at radius 2 is 2.00 bits per heavy atom. The van der Waals surface area contributed by atoms with Crippen molar-refractivity contribution in [2.24, 2.45) is 0 Å². The predicted molar refractivity (Wildman–Crippen MR) is 78.8 cm³/mol. The number of carbonyl (C=O) groups excluding carboxylic acids is 1. The van der Waals surface area contributed by atoms with Gasteiger partial charge in [-0.25, -0.2) is 8.42 Å². The van der Waals surface area contributed by atoms with Crippen molar-refractivity contribution < 1.29 is 18.1 Å². The Morgan fingerprint density at radius 3 is 2.48 bits per heavy atom. The number of amides is 1. The Balaban J connectivity index is 3.08. The fraction of sp³-hybridized carbons (Fsp3) is 0.364. The van der Waals surface area contributed by atoms with E-state index in [1.807, 2.05) is 0 Å². The summed E-state index contributed by atoms with van der Waals surface area (Å²) in [7, 11) is -1.16. The Labute approximate surface area is 126 Å². The second-order valence-corrected chi connectivity index (χ2v) is 6.85. The lowest BCUT2D eigenvalue weighted by atomic mass is 10.3. The first-order valence-electron chi connectivity index (χ1n) is 5.73. The molecule has 1 aromatic carbocycles. The quantitative estimate of drug-likeness (QED) is 0.647. The van der Waals surface area contributed by atoms with Gasteiger partial charge < -0.3 is 4.90 Å². The van der Waals surface area contributed by atoms with Gasteiger partial charge in [0.05, 0.1) is 10.6 Å². The van der Waals surface area contributed by atoms with Crippen LogP contribution in [0.1, 0.15) is 6.92 Å². The number of carbonyl (C=O) groups is 1. The van der Waals surface area contributed by atoms with Crippen molar-refractivity contribution >= 4 is 38.9 Å². The molecule has 0 bridgehead atoms. The molecular weight excluding hydrogens is 322 g/mol. The first kappa shape index (κ1) is 17.2. The summed E-state index contributed by atoms with van der Waals surface area (Å²) in [4.78, 5) is 22.9. The fourth-order valence-corrected chi connectivity index (χ4v) is 2.76. The third kappa shape index (κ3) is 4.05. The summed E-state index contributed by atoms with van der Waals surface area (Å²) in [5, 5.41) is 9.31. The number of anilines is 1. The lowest BCUT2D eigenvalue weighted by Gasteiger charge is -2.18. The minimum Gasteiger partial charge on any atom is -0.348 e. The summed E-state index contributed by atoms with van der Waals surface area (Å²) in [5.41, 5.74) is -0.465. The summed E-state index contributed by atoms with van der Waals surface area (Å²) in [6.07, 6.45) is 0. The van der Waals surface area contributed by atoms with Crippen molar-refractivity contribution in [3.05, 3.63) is 33.3 Å². The van der Waals surface area contributed by atoms with Crippen LogP contribution in [-0.2, 0) is 14.8 Å². The number of nitro groups is 1. The second-order valence-electron chi connectivity index (χ2n) is 4.45. The average Bonchev–Trinajstić information content (AvgIpc) is 2.38. The Morgan fingerprint density at radius 1 is 1.43 bits per heavy atom. The van der Waals surface area contributed by atoms with Gasteiger partial charge in [-0.3, -0.25) is 19.6 Å². The molecule has 1 rings (SSSR count). The van der Waals surface area contributed by atoms with Gasteiger partial charge >= 0.3 is 0 Å². The predicted octanol–water partition coefficient (Wildman–Crippen LogP) is 1.47. The van der Waals surface area contributed by atoms with Gasteiger partial charge in [-0.1, -0.05) is 11.6 Å². The van der Waals surface area contributed by atoms with E-state index >= 15 is 0 Å². The van der Waals surface area contributed by atoms with Gasteiger partial charge in [0, 0.05) is 20.2 Å². The van der Waals surface area contributed by atoms with Crippen LogP contribution < -0.4 is 4.72 Å². The molecule has 0 saturated heterocycles. The van der Waals surface area contributed by atoms with Crippen molar-refractivity contribution in [1.82, 2.24) is 4.90 Å². The van der Waals surface area contributed by atoms with Crippen LogP contribution in [0.25, 0.3) is 0 Å². The molecule has 0 aliphatic rings. The molecule has 0 saturated carbocycles. The first-order chi connectivity index (χ1) is 9.56. The fourth-order valence-electron chi connectivity index (χ4n) is 1.47. The summed E-state index contributed by atoms with van der Waals surface area (Å²) < 4.78 is 26.2. The summed E-state index contributed by atoms with van der Waals surface area (Å²) in [6, 6.07) is 3.47. The van der Waals surface area contributed by atoms with E-state index in [0.29, 0.717) is 0 Å². The zero-order valence-corrected chi connectivity index (χ0v) is 13.1. The standard InChI is InChI=1S/C11H14ClN3O5S/c1-7(11(16)14(2)3)21(19,20)13-8-4-5-9(12)10(6-8)15(17)18/h4-7,13H,1-3H3/t7-/m0/s1. The summed E-state index contributed by atoms with van der Waals surface area (Å²) in [6.45, 7) is 1.23. The Kier molecular flexibility index (Phi) is 5.13. The van der Waals surface area contributed by atoms with Crippen LogP contribution in [0.5, 0.6) is 0 Å². The van der Waals surface area contributed by atoms with E-state index in [1.165, 1.54) is 33.2 Å². The maximum atomic E-state index is 12.1. The van der Waals surface area contributed by atoms with Gasteiger partial charge in [0.15, 0.2) is 5.25 Å². The first-order valence-corrected chi connectivity index (χ1v) is 7.65. The number of sulfonamides is 1. The highest BCUT2D eigenvalue weighted by Crippen LogP contribution is 2.28. The number of halogens is 1. The van der Waals surface area contributed by atoms with Crippen LogP contribution in [0.3, 0.4) is 0 Å². The topological polar surface area (TPSA) is 110 Å². The molecule has 0 unspecified atom stereocenters. The highest BCUT2D eigenvalue weighted by atomic mass is 35.5. The summed E-state index contributed by atoms with van der Waals surface area (Å²) >= 11 is 5.64. The largest absolute Gasteiger partial charge is 0.348 e. The van der Waals surface area contributed by atoms with Crippen molar-refractivity contribution in [2.45, 2.75) is 12.2 Å². The summed E-state index contributed by atoms with van der Waals surface area (Å²) in [5.74, 6) is -0.606. The highest BCUT2D eigenvalue weighted by Gasteiger charge is 2.29. The molecule has 0 fully saturated rings. The van der Waals surface area contributed by atoms with Crippen LogP contribution in [0.4, 0.5) is 11.4 Å². The lowest BCUT2D eigenvalue weighted by Crippen LogP contribution is -2.39. The highest BCUT2D eigenvalue weighted by molar-refractivity contribution is 7.94. The third-order valence-electron chi connectivity index (χ3n) is 2.66. The molecule has 21 heavy (non-hydrogen) atoms. The van der Waals surface area contributed by atoms with Gasteiger partial charge in [0.25, 0.3) is 5.69 Å². The second kappa shape index (κ2) is 6.27. The number of nitrogens with one attached hydrogen (secondary N) is 1. The number of nitro benzene ring substituents is 1. The van der Waals surface area contributed by atoms with Crippen LogP contribution >= 0.6 is 11.6 Å². The van der Waals surface area contributed by atoms with E-state index in [4.69, 9.17) is 11.6 Å². The smallest absolute Gasteiger partial charge is 0.289 e. The molecule has 1 aromatic rings. The molecule has 10 heteroatoms. The number of nitrogens with zero attached hydrogens (tertiary/aromatic N) is 2. The van der Waals surface area contributed by atoms with E-state index in [9.17, 15) is 23.3 Å². The molecule has 0 radical (unpaired) electrons. The lowest BCUT2D eigenvalue weighted by molar-refractivity contribution is -0.384. The number of benzene rings is 1. The zero-order chi connectivity index (χ0) is 16.4. The average molecular weight is 336 g/mol. The minimum atomic E-state index is -4.02. The van der Waals surface area contributed by atoms with Gasteiger partial charge in [0.1, 0.15) is 5.02 Å². The van der Waals surface area contributed by atoms with E-state index < -0.39 is 31.8 Å². The van der Waals surface area contributed by atoms with Crippen LogP contribution in [0.15, 0.2) is 18.2 Å². The zero-order valence-electron chi connectivity index (χ0n) is 11.5. The van der Waals surface area contributed by atoms with Crippen molar-refractivity contribution in [1.29, 1.82) is 0 Å². The van der Waals surface area contributed by atoms with E-state index in [0.717, 1.165) is 11.0 Å². The number of hydrogen-bond acceptors (Lipinski definition) is 5. The molecule has 0 aromatic heterocycles. The van der Waals surface area contributed by atoms with E-state index in [1.54, 1.807) is 0 Å². The van der Waals surface area contributed by atoms with E-state index in [2.05, 4.69) is 4.72 Å². The molecule has 8 nitrogen and oxygen atoms in total. The normalized spacial score (nSPS) is 12.6. The van der Waals surface area contributed by atoms with Crippen LogP contribution in [0, 0.1) is 10.1 Å². The van der Waals surface area contributed by atoms with Crippen LogP contribution in [0.2, 0.25) is 5.02 Å². The molecule has 1 atom stereocenters. The Bertz CT molecular complexity index is 674. The van der Waals surface area contributed by atoms with Gasteiger partial charge in [-0.15, -0.1) is 0 Å². The Hall–Kier alpha value is -1.87. The SMILES string of the molecule is C[C@@H](C(=O)N(C)C)S(=O)(=O)Nc1ccc(Cl)c([N+](=O)[O-])c1. The van der Waals surface area contributed by atoms with Crippen molar-refractivity contribution in [3.8, 4) is 0 Å². The van der Waals surface area contributed by atoms with Gasteiger partial charge in [-0.2, -0.15) is 0 Å². The van der Waals surface area contributed by atoms with Crippen molar-refractivity contribution in [2.75, 3.05) is 18.8 Å². The maximum Gasteiger partial charge on any atom is 0.289 e. The molecule has 1 amide bonds. The minimum absolute atomic E-state index is 0.0375. The number of hydrogen-bond donors (Lipinski definition) is 1. The maximum absolute atomic E-state index is 12.1. The van der Waals surface area contributed by atoms with Gasteiger partial charge in [-0.05, 0) is 19.1 Å². The molecular formula is C11H14ClN3O5S. The molecule has 116 valence electrons. The van der Waals surface area contributed by atoms with Crippen LogP contribution in [-0.4, -0.2) is 43.5 Å². The van der Waals surface area contributed by atoms with Crippen molar-refractivity contribution in [3.63, 3.8) is 0 Å². The molecule has 0 heterocycles. The van der Waals surface area contributed by atoms with E-state index in [-0.39, 0.29) is 10.7 Å². The third-order valence-corrected chi connectivity index (χ3v) is 4.63. The molecule has 1 N–H and O–H groups in total.